The fourth-order valence-corrected chi connectivity index (χ4v) is 3.62. The van der Waals surface area contributed by atoms with E-state index < -0.39 is 0 Å². The molecule has 1 aliphatic heterocycles. The lowest BCUT2D eigenvalue weighted by Crippen LogP contribution is -2.27. The summed E-state index contributed by atoms with van der Waals surface area (Å²) in [5.74, 6) is 1.28. The quantitative estimate of drug-likeness (QED) is 0.781. The van der Waals surface area contributed by atoms with Gasteiger partial charge in [0.15, 0.2) is 0 Å². The lowest BCUT2D eigenvalue weighted by atomic mass is 9.98. The zero-order chi connectivity index (χ0) is 11.1. The third-order valence-electron chi connectivity index (χ3n) is 4.41. The van der Waals surface area contributed by atoms with Crippen LogP contribution in [0.1, 0.15) is 37.3 Å². The zero-order valence-electron chi connectivity index (χ0n) is 9.76. The number of phenolic OH excluding ortho intramolecular Hbond substituents is 1. The maximum atomic E-state index is 9.54. The van der Waals surface area contributed by atoms with Crippen molar-refractivity contribution >= 4 is 0 Å². The molecule has 2 heteroatoms. The highest BCUT2D eigenvalue weighted by Gasteiger charge is 2.41. The molecule has 1 saturated heterocycles. The first kappa shape index (κ1) is 10.2. The molecule has 1 aliphatic carbocycles. The molecule has 0 spiro atoms. The Morgan fingerprint density at radius 1 is 1.31 bits per heavy atom. The van der Waals surface area contributed by atoms with Crippen LogP contribution in [0.3, 0.4) is 0 Å². The number of benzene rings is 1. The molecule has 2 aliphatic rings. The second-order valence-electron chi connectivity index (χ2n) is 5.27. The Kier molecular flexibility index (Phi) is 2.40. The average molecular weight is 217 g/mol. The minimum atomic E-state index is 0.392. The lowest BCUT2D eigenvalue weighted by molar-refractivity contribution is 0.235. The Hall–Kier alpha value is -1.02. The number of hydrogen-bond acceptors (Lipinski definition) is 2. The van der Waals surface area contributed by atoms with Crippen LogP contribution in [-0.2, 0) is 0 Å². The van der Waals surface area contributed by atoms with Crippen LogP contribution in [-0.4, -0.2) is 23.1 Å². The fourth-order valence-electron chi connectivity index (χ4n) is 3.62. The van der Waals surface area contributed by atoms with E-state index in [1.165, 1.54) is 31.2 Å². The van der Waals surface area contributed by atoms with Crippen LogP contribution in [0.2, 0.25) is 0 Å². The van der Waals surface area contributed by atoms with Gasteiger partial charge in [-0.15, -0.1) is 0 Å². The van der Waals surface area contributed by atoms with Crippen LogP contribution >= 0.6 is 0 Å². The van der Waals surface area contributed by atoms with Crippen LogP contribution in [0, 0.1) is 5.92 Å². The second kappa shape index (κ2) is 3.77. The summed E-state index contributed by atoms with van der Waals surface area (Å²) in [5.41, 5.74) is 1.27. The van der Waals surface area contributed by atoms with E-state index in [0.29, 0.717) is 11.8 Å². The molecule has 0 amide bonds. The number of nitrogens with zero attached hydrogens (tertiary/aromatic N) is 1. The average Bonchev–Trinajstić information content (AvgIpc) is 2.82. The summed E-state index contributed by atoms with van der Waals surface area (Å²) in [7, 11) is 2.24. The molecule has 2 fully saturated rings. The first-order chi connectivity index (χ1) is 7.75. The van der Waals surface area contributed by atoms with Gasteiger partial charge in [-0.2, -0.15) is 0 Å². The molecule has 0 radical (unpaired) electrons. The third kappa shape index (κ3) is 1.52. The smallest absolute Gasteiger partial charge is 0.115 e. The van der Waals surface area contributed by atoms with Gasteiger partial charge in [0.25, 0.3) is 0 Å². The molecule has 86 valence electrons. The Morgan fingerprint density at radius 2 is 2.19 bits per heavy atom. The third-order valence-corrected chi connectivity index (χ3v) is 4.41. The zero-order valence-corrected chi connectivity index (χ0v) is 9.76. The van der Waals surface area contributed by atoms with Gasteiger partial charge in [0.1, 0.15) is 5.75 Å². The Bertz CT molecular complexity index is 390. The van der Waals surface area contributed by atoms with Crippen molar-refractivity contribution in [3.05, 3.63) is 29.8 Å². The summed E-state index contributed by atoms with van der Waals surface area (Å²) in [6, 6.07) is 9.06. The van der Waals surface area contributed by atoms with E-state index in [1.54, 1.807) is 6.07 Å². The van der Waals surface area contributed by atoms with Crippen molar-refractivity contribution < 1.29 is 5.11 Å². The summed E-state index contributed by atoms with van der Waals surface area (Å²) < 4.78 is 0. The van der Waals surface area contributed by atoms with E-state index in [1.807, 2.05) is 12.1 Å². The summed E-state index contributed by atoms with van der Waals surface area (Å²) in [4.78, 5) is 2.52. The van der Waals surface area contributed by atoms with Crippen molar-refractivity contribution in [3.63, 3.8) is 0 Å². The van der Waals surface area contributed by atoms with Gasteiger partial charge in [-0.1, -0.05) is 18.6 Å². The van der Waals surface area contributed by atoms with E-state index in [-0.39, 0.29) is 0 Å². The number of aromatic hydroxyl groups is 1. The largest absolute Gasteiger partial charge is 0.508 e. The Morgan fingerprint density at radius 3 is 2.94 bits per heavy atom. The van der Waals surface area contributed by atoms with E-state index >= 15 is 0 Å². The van der Waals surface area contributed by atoms with Crippen molar-refractivity contribution in [1.82, 2.24) is 4.90 Å². The molecule has 1 aromatic rings. The van der Waals surface area contributed by atoms with Gasteiger partial charge in [0, 0.05) is 12.1 Å². The maximum absolute atomic E-state index is 9.54. The van der Waals surface area contributed by atoms with Crippen LogP contribution in [0.5, 0.6) is 5.75 Å². The Balaban J connectivity index is 1.86. The lowest BCUT2D eigenvalue weighted by Gasteiger charge is -2.25. The first-order valence-corrected chi connectivity index (χ1v) is 6.26. The molecular formula is C14H19NO. The maximum Gasteiger partial charge on any atom is 0.115 e. The molecule has 3 atom stereocenters. The Labute approximate surface area is 96.9 Å². The van der Waals surface area contributed by atoms with Gasteiger partial charge in [-0.25, -0.2) is 0 Å². The minimum Gasteiger partial charge on any atom is -0.508 e. The SMILES string of the molecule is CN1C(c2cccc(O)c2)CC2CCCC21. The topological polar surface area (TPSA) is 23.5 Å². The van der Waals surface area contributed by atoms with Gasteiger partial charge < -0.3 is 5.11 Å². The molecule has 0 bridgehead atoms. The van der Waals surface area contributed by atoms with Crippen LogP contribution in [0.4, 0.5) is 0 Å². The molecule has 1 heterocycles. The summed E-state index contributed by atoms with van der Waals surface area (Å²) in [5, 5.41) is 9.54. The highest BCUT2D eigenvalue weighted by atomic mass is 16.3. The van der Waals surface area contributed by atoms with Gasteiger partial charge in [-0.3, -0.25) is 4.90 Å². The molecule has 16 heavy (non-hydrogen) atoms. The molecule has 1 aromatic carbocycles. The summed E-state index contributed by atoms with van der Waals surface area (Å²) in [6.45, 7) is 0. The van der Waals surface area contributed by atoms with Crippen molar-refractivity contribution in [2.45, 2.75) is 37.8 Å². The molecule has 1 N–H and O–H groups in total. The van der Waals surface area contributed by atoms with Gasteiger partial charge in [0.05, 0.1) is 0 Å². The van der Waals surface area contributed by atoms with E-state index in [0.717, 1.165) is 12.0 Å². The summed E-state index contributed by atoms with van der Waals surface area (Å²) in [6.07, 6.45) is 5.41. The fraction of sp³-hybridized carbons (Fsp3) is 0.571. The number of likely N-dealkylation sites (tertiary alicyclic amines) is 1. The normalized spacial score (nSPS) is 34.2. The predicted octanol–water partition coefficient (Wildman–Crippen LogP) is 2.94. The highest BCUT2D eigenvalue weighted by molar-refractivity contribution is 5.30. The monoisotopic (exact) mass is 217 g/mol. The first-order valence-electron chi connectivity index (χ1n) is 6.26. The van der Waals surface area contributed by atoms with Gasteiger partial charge >= 0.3 is 0 Å². The molecule has 1 saturated carbocycles. The minimum absolute atomic E-state index is 0.392. The highest BCUT2D eigenvalue weighted by Crippen LogP contribution is 2.46. The predicted molar refractivity (Wildman–Crippen MR) is 64.4 cm³/mol. The standard InChI is InChI=1S/C14H19NO/c1-15-13-7-3-5-11(13)9-14(15)10-4-2-6-12(16)8-10/h2,4,6,8,11,13-14,16H,3,5,7,9H2,1H3. The van der Waals surface area contributed by atoms with E-state index in [9.17, 15) is 5.11 Å². The second-order valence-corrected chi connectivity index (χ2v) is 5.27. The number of hydrogen-bond donors (Lipinski definition) is 1. The number of fused-ring (bicyclic) bond motifs is 1. The van der Waals surface area contributed by atoms with Gasteiger partial charge in [0.2, 0.25) is 0 Å². The molecule has 3 rings (SSSR count). The van der Waals surface area contributed by atoms with Crippen molar-refractivity contribution in [3.8, 4) is 5.75 Å². The van der Waals surface area contributed by atoms with Crippen molar-refractivity contribution in [2.24, 2.45) is 5.92 Å². The number of phenols is 1. The van der Waals surface area contributed by atoms with Crippen molar-refractivity contribution in [2.75, 3.05) is 7.05 Å². The molecule has 0 aromatic heterocycles. The molecule has 3 unspecified atom stereocenters. The van der Waals surface area contributed by atoms with Crippen molar-refractivity contribution in [1.29, 1.82) is 0 Å². The van der Waals surface area contributed by atoms with E-state index in [4.69, 9.17) is 0 Å². The van der Waals surface area contributed by atoms with Crippen LogP contribution in [0.25, 0.3) is 0 Å². The van der Waals surface area contributed by atoms with Crippen LogP contribution < -0.4 is 0 Å². The molecule has 2 nitrogen and oxygen atoms in total. The van der Waals surface area contributed by atoms with E-state index in [2.05, 4.69) is 18.0 Å². The summed E-state index contributed by atoms with van der Waals surface area (Å²) >= 11 is 0. The molecular weight excluding hydrogens is 198 g/mol. The number of rotatable bonds is 1. The van der Waals surface area contributed by atoms with Gasteiger partial charge in [-0.05, 0) is 49.9 Å². The van der Waals surface area contributed by atoms with Crippen LogP contribution in [0.15, 0.2) is 24.3 Å².